The van der Waals surface area contributed by atoms with Gasteiger partial charge in [0.05, 0.1) is 11.3 Å². The molecule has 1 heterocycles. The second-order valence-corrected chi connectivity index (χ2v) is 3.44. The Hall–Kier alpha value is -2.18. The minimum absolute atomic E-state index is 0.182. The van der Waals surface area contributed by atoms with Crippen LogP contribution in [0.2, 0.25) is 0 Å². The summed E-state index contributed by atoms with van der Waals surface area (Å²) >= 11 is 0. The number of H-pyrrole nitrogens is 1. The molecular formula is C10H8F3N3O. The van der Waals surface area contributed by atoms with Gasteiger partial charge in [-0.05, 0) is 18.2 Å². The highest BCUT2D eigenvalue weighted by atomic mass is 19.4. The van der Waals surface area contributed by atoms with E-state index < -0.39 is 17.5 Å². The molecule has 0 amide bonds. The lowest BCUT2D eigenvalue weighted by Crippen LogP contribution is -2.05. The molecule has 0 spiro atoms. The minimum atomic E-state index is -4.61. The molecule has 0 aliphatic heterocycles. The van der Waals surface area contributed by atoms with Crippen LogP contribution in [0.1, 0.15) is 5.56 Å². The quantitative estimate of drug-likeness (QED) is 0.719. The molecular weight excluding hydrogens is 235 g/mol. The van der Waals surface area contributed by atoms with E-state index in [0.717, 1.165) is 12.1 Å². The summed E-state index contributed by atoms with van der Waals surface area (Å²) in [6.45, 7) is 0. The number of rotatable bonds is 1. The number of aromatic hydroxyl groups is 1. The number of aromatic amines is 1. The van der Waals surface area contributed by atoms with Crippen molar-refractivity contribution in [3.05, 3.63) is 29.8 Å². The van der Waals surface area contributed by atoms with Crippen LogP contribution < -0.4 is 5.73 Å². The van der Waals surface area contributed by atoms with Crippen LogP contribution in [0.25, 0.3) is 11.3 Å². The van der Waals surface area contributed by atoms with E-state index >= 15 is 0 Å². The van der Waals surface area contributed by atoms with E-state index in [-0.39, 0.29) is 11.4 Å². The van der Waals surface area contributed by atoms with Gasteiger partial charge in [-0.3, -0.25) is 5.10 Å². The monoisotopic (exact) mass is 243 g/mol. The van der Waals surface area contributed by atoms with Crippen LogP contribution in [0.15, 0.2) is 24.3 Å². The molecule has 7 heteroatoms. The van der Waals surface area contributed by atoms with Crippen molar-refractivity contribution in [2.75, 3.05) is 5.73 Å². The Bertz CT molecular complexity index is 548. The third kappa shape index (κ3) is 2.17. The number of nitrogen functional groups attached to an aromatic ring is 1. The van der Waals surface area contributed by atoms with Gasteiger partial charge in [-0.15, -0.1) is 0 Å². The third-order valence-electron chi connectivity index (χ3n) is 2.21. The van der Waals surface area contributed by atoms with E-state index in [9.17, 15) is 13.2 Å². The average molecular weight is 243 g/mol. The zero-order valence-electron chi connectivity index (χ0n) is 8.42. The van der Waals surface area contributed by atoms with Crippen LogP contribution in [0.4, 0.5) is 19.0 Å². The van der Waals surface area contributed by atoms with Crippen molar-refractivity contribution in [3.63, 3.8) is 0 Å². The highest BCUT2D eigenvalue weighted by Gasteiger charge is 2.34. The molecule has 0 fully saturated rings. The highest BCUT2D eigenvalue weighted by Crippen LogP contribution is 2.37. The topological polar surface area (TPSA) is 74.9 Å². The molecule has 2 aromatic rings. The molecule has 0 bridgehead atoms. The zero-order valence-corrected chi connectivity index (χ0v) is 8.42. The first-order valence-electron chi connectivity index (χ1n) is 4.59. The summed E-state index contributed by atoms with van der Waals surface area (Å²) in [4.78, 5) is 0. The van der Waals surface area contributed by atoms with Gasteiger partial charge in [0.2, 0.25) is 0 Å². The number of hydrogen-bond donors (Lipinski definition) is 3. The molecule has 2 rings (SSSR count). The summed E-state index contributed by atoms with van der Waals surface area (Å²) in [6.07, 6.45) is -4.61. The first kappa shape index (κ1) is 11.3. The number of nitrogens with two attached hydrogens (primary N) is 1. The predicted molar refractivity (Wildman–Crippen MR) is 55.1 cm³/mol. The van der Waals surface area contributed by atoms with Crippen LogP contribution in [0.5, 0.6) is 5.75 Å². The molecule has 0 saturated heterocycles. The highest BCUT2D eigenvalue weighted by molar-refractivity contribution is 5.64. The van der Waals surface area contributed by atoms with Gasteiger partial charge >= 0.3 is 6.18 Å². The first-order valence-corrected chi connectivity index (χ1v) is 4.59. The summed E-state index contributed by atoms with van der Waals surface area (Å²) in [7, 11) is 0. The number of hydrogen-bond acceptors (Lipinski definition) is 3. The van der Waals surface area contributed by atoms with Gasteiger partial charge in [-0.25, -0.2) is 0 Å². The van der Waals surface area contributed by atoms with E-state index in [1.165, 1.54) is 12.1 Å². The van der Waals surface area contributed by atoms with Crippen molar-refractivity contribution in [2.45, 2.75) is 6.18 Å². The molecule has 0 atom stereocenters. The van der Waals surface area contributed by atoms with Crippen molar-refractivity contribution in [1.29, 1.82) is 0 Å². The number of halogens is 3. The number of phenols is 1. The maximum Gasteiger partial charge on any atom is 0.419 e. The fourth-order valence-corrected chi connectivity index (χ4v) is 1.42. The maximum atomic E-state index is 12.5. The van der Waals surface area contributed by atoms with Crippen LogP contribution in [0, 0.1) is 0 Å². The third-order valence-corrected chi connectivity index (χ3v) is 2.21. The molecule has 0 saturated carbocycles. The molecule has 0 radical (unpaired) electrons. The average Bonchev–Trinajstić information content (AvgIpc) is 2.64. The van der Waals surface area contributed by atoms with E-state index in [0.29, 0.717) is 5.69 Å². The van der Waals surface area contributed by atoms with Crippen molar-refractivity contribution in [3.8, 4) is 17.0 Å². The lowest BCUT2D eigenvalue weighted by molar-refractivity contribution is -0.138. The minimum Gasteiger partial charge on any atom is -0.507 e. The normalized spacial score (nSPS) is 11.7. The summed E-state index contributed by atoms with van der Waals surface area (Å²) in [6, 6.07) is 4.57. The van der Waals surface area contributed by atoms with E-state index in [1.807, 2.05) is 0 Å². The lowest BCUT2D eigenvalue weighted by Gasteiger charge is -2.09. The van der Waals surface area contributed by atoms with Gasteiger partial charge in [-0.1, -0.05) is 0 Å². The van der Waals surface area contributed by atoms with Gasteiger partial charge in [0.25, 0.3) is 0 Å². The molecule has 0 unspecified atom stereocenters. The van der Waals surface area contributed by atoms with Crippen LogP contribution in [-0.4, -0.2) is 15.3 Å². The molecule has 1 aromatic heterocycles. The molecule has 0 aliphatic carbocycles. The summed E-state index contributed by atoms with van der Waals surface area (Å²) < 4.78 is 37.6. The van der Waals surface area contributed by atoms with Crippen LogP contribution in [-0.2, 0) is 6.18 Å². The Morgan fingerprint density at radius 1 is 1.24 bits per heavy atom. The molecule has 4 nitrogen and oxygen atoms in total. The Morgan fingerprint density at radius 2 is 1.94 bits per heavy atom. The number of nitrogens with one attached hydrogen (secondary N) is 1. The van der Waals surface area contributed by atoms with Gasteiger partial charge in [-0.2, -0.15) is 18.3 Å². The van der Waals surface area contributed by atoms with Crippen molar-refractivity contribution in [1.82, 2.24) is 10.2 Å². The van der Waals surface area contributed by atoms with Gasteiger partial charge < -0.3 is 10.8 Å². The Morgan fingerprint density at radius 3 is 2.47 bits per heavy atom. The fraction of sp³-hybridized carbons (Fsp3) is 0.100. The van der Waals surface area contributed by atoms with Crippen LogP contribution in [0.3, 0.4) is 0 Å². The van der Waals surface area contributed by atoms with Crippen LogP contribution >= 0.6 is 0 Å². The second-order valence-electron chi connectivity index (χ2n) is 3.44. The molecule has 17 heavy (non-hydrogen) atoms. The fourth-order valence-electron chi connectivity index (χ4n) is 1.42. The summed E-state index contributed by atoms with van der Waals surface area (Å²) in [5.41, 5.74) is 4.87. The standard InChI is InChI=1S/C10H8F3N3O/c11-10(12,13)6-3-5(1-2-8(6)17)7-4-9(14)16-15-7/h1-4,17H,(H3,14,15,16). The largest absolute Gasteiger partial charge is 0.507 e. The molecule has 1 aromatic carbocycles. The van der Waals surface area contributed by atoms with E-state index in [4.69, 9.17) is 10.8 Å². The second kappa shape index (κ2) is 3.69. The number of aromatic nitrogens is 2. The van der Waals surface area contributed by atoms with Gasteiger partial charge in [0.15, 0.2) is 0 Å². The van der Waals surface area contributed by atoms with E-state index in [1.54, 1.807) is 0 Å². The number of benzene rings is 1. The zero-order chi connectivity index (χ0) is 12.6. The first-order chi connectivity index (χ1) is 7.88. The number of nitrogens with zero attached hydrogens (tertiary/aromatic N) is 1. The number of alkyl halides is 3. The van der Waals surface area contributed by atoms with Gasteiger partial charge in [0.1, 0.15) is 11.6 Å². The lowest BCUT2D eigenvalue weighted by atomic mass is 10.1. The van der Waals surface area contributed by atoms with E-state index in [2.05, 4.69) is 10.2 Å². The van der Waals surface area contributed by atoms with Crippen molar-refractivity contribution in [2.24, 2.45) is 0 Å². The summed E-state index contributed by atoms with van der Waals surface area (Å²) in [5, 5.41) is 15.3. The predicted octanol–water partition coefficient (Wildman–Crippen LogP) is 2.38. The van der Waals surface area contributed by atoms with Crippen molar-refractivity contribution >= 4 is 5.82 Å². The molecule has 0 aliphatic rings. The number of phenolic OH excluding ortho intramolecular Hbond substituents is 1. The SMILES string of the molecule is Nc1cc(-c2ccc(O)c(C(F)(F)F)c2)[nH]n1. The Balaban J connectivity index is 2.51. The molecule has 4 N–H and O–H groups in total. The maximum absolute atomic E-state index is 12.5. The number of anilines is 1. The Kier molecular flexibility index (Phi) is 2.45. The Labute approximate surface area is 93.9 Å². The van der Waals surface area contributed by atoms with Crippen molar-refractivity contribution < 1.29 is 18.3 Å². The smallest absolute Gasteiger partial charge is 0.419 e. The summed E-state index contributed by atoms with van der Waals surface area (Å²) in [5.74, 6) is -0.629. The van der Waals surface area contributed by atoms with Gasteiger partial charge in [0, 0.05) is 11.6 Å². The molecule has 90 valence electrons.